The Balaban J connectivity index is 1.37. The third kappa shape index (κ3) is 4.67. The number of hydrogen-bond donors (Lipinski definition) is 0. The van der Waals surface area contributed by atoms with Crippen molar-refractivity contribution in [2.45, 2.75) is 59.0 Å². The number of carbonyl (C=O) groups is 1. The Morgan fingerprint density at radius 3 is 2.51 bits per heavy atom. The fourth-order valence-electron chi connectivity index (χ4n) is 4.59. The minimum absolute atomic E-state index is 0.113. The van der Waals surface area contributed by atoms with Gasteiger partial charge in [-0.05, 0) is 65.7 Å². The molecular formula is C26H29FN6O2. The van der Waals surface area contributed by atoms with Gasteiger partial charge in [0, 0.05) is 42.4 Å². The molecule has 0 unspecified atom stereocenters. The van der Waals surface area contributed by atoms with Crippen molar-refractivity contribution in [3.63, 3.8) is 0 Å². The molecule has 1 amide bonds. The van der Waals surface area contributed by atoms with Crippen molar-refractivity contribution in [1.82, 2.24) is 29.5 Å². The van der Waals surface area contributed by atoms with Crippen LogP contribution in [0.5, 0.6) is 0 Å². The summed E-state index contributed by atoms with van der Waals surface area (Å²) in [7, 11) is 0. The number of aryl methyl sites for hydroxylation is 2. The summed E-state index contributed by atoms with van der Waals surface area (Å²) < 4.78 is 22.6. The molecule has 9 heteroatoms. The third-order valence-corrected chi connectivity index (χ3v) is 6.26. The molecule has 1 aromatic carbocycles. The Bertz CT molecular complexity index is 1430. The van der Waals surface area contributed by atoms with Gasteiger partial charge in [0.25, 0.3) is 0 Å². The molecular weight excluding hydrogens is 447 g/mol. The number of nitrogens with zero attached hydrogens (tertiary/aromatic N) is 6. The summed E-state index contributed by atoms with van der Waals surface area (Å²) >= 11 is 0. The molecule has 182 valence electrons. The highest BCUT2D eigenvalue weighted by Gasteiger charge is 2.28. The van der Waals surface area contributed by atoms with Crippen LogP contribution in [0.1, 0.15) is 56.6 Å². The molecule has 0 saturated carbocycles. The van der Waals surface area contributed by atoms with E-state index in [1.807, 2.05) is 57.5 Å². The van der Waals surface area contributed by atoms with Crippen LogP contribution in [0.25, 0.3) is 27.8 Å². The van der Waals surface area contributed by atoms with E-state index in [2.05, 4.69) is 20.2 Å². The van der Waals surface area contributed by atoms with Crippen molar-refractivity contribution in [2.24, 2.45) is 0 Å². The first-order valence-electron chi connectivity index (χ1n) is 11.9. The monoisotopic (exact) mass is 476 g/mol. The van der Waals surface area contributed by atoms with Gasteiger partial charge in [-0.25, -0.2) is 14.2 Å². The molecule has 0 atom stereocenters. The minimum Gasteiger partial charge on any atom is -0.444 e. The number of ether oxygens (including phenoxy) is 1. The fraction of sp³-hybridized carbons (Fsp3) is 0.423. The van der Waals surface area contributed by atoms with Crippen LogP contribution in [-0.2, 0) is 4.74 Å². The van der Waals surface area contributed by atoms with E-state index in [1.54, 1.807) is 11.0 Å². The van der Waals surface area contributed by atoms with Crippen molar-refractivity contribution in [1.29, 1.82) is 0 Å². The number of carbonyl (C=O) groups excluding carboxylic acids is 1. The van der Waals surface area contributed by atoms with Crippen LogP contribution in [0.4, 0.5) is 9.18 Å². The predicted molar refractivity (Wildman–Crippen MR) is 131 cm³/mol. The van der Waals surface area contributed by atoms with Crippen molar-refractivity contribution in [3.05, 3.63) is 53.5 Å². The number of rotatable bonds is 2. The standard InChI is InChI=1S/C26H29FN6O2/c1-15-13-33-14-23(29-24(33)16(2)28-15)18-10-20(27)19-12-21(30-31-22(19)11-18)17-6-8-32(9-7-17)25(34)35-26(3,4)5/h10-14,17H,6-9H2,1-5H3. The van der Waals surface area contributed by atoms with Crippen molar-refractivity contribution >= 4 is 22.6 Å². The maximum atomic E-state index is 15.2. The second-order valence-corrected chi connectivity index (χ2v) is 10.2. The number of piperidine rings is 1. The minimum atomic E-state index is -0.522. The van der Waals surface area contributed by atoms with E-state index in [9.17, 15) is 4.79 Å². The second-order valence-electron chi connectivity index (χ2n) is 10.2. The third-order valence-electron chi connectivity index (χ3n) is 6.26. The number of hydrogen-bond acceptors (Lipinski definition) is 6. The molecule has 4 heterocycles. The van der Waals surface area contributed by atoms with Crippen LogP contribution < -0.4 is 0 Å². The molecule has 0 bridgehead atoms. The van der Waals surface area contributed by atoms with Gasteiger partial charge in [-0.3, -0.25) is 4.98 Å². The molecule has 1 aliphatic heterocycles. The van der Waals surface area contributed by atoms with E-state index in [-0.39, 0.29) is 17.8 Å². The smallest absolute Gasteiger partial charge is 0.410 e. The summed E-state index contributed by atoms with van der Waals surface area (Å²) in [6, 6.07) is 5.10. The quantitative estimate of drug-likeness (QED) is 0.395. The van der Waals surface area contributed by atoms with Gasteiger partial charge < -0.3 is 14.0 Å². The highest BCUT2D eigenvalue weighted by molar-refractivity contribution is 5.84. The van der Waals surface area contributed by atoms with Gasteiger partial charge in [-0.2, -0.15) is 10.2 Å². The van der Waals surface area contributed by atoms with Crippen LogP contribution in [0, 0.1) is 19.7 Å². The molecule has 1 aliphatic rings. The largest absolute Gasteiger partial charge is 0.444 e. The summed E-state index contributed by atoms with van der Waals surface area (Å²) in [6.45, 7) is 10.6. The highest BCUT2D eigenvalue weighted by Crippen LogP contribution is 2.31. The summed E-state index contributed by atoms with van der Waals surface area (Å²) in [5.74, 6) is -0.246. The Kier molecular flexibility index (Phi) is 5.65. The SMILES string of the molecule is Cc1cn2cc(-c3cc(F)c4cc(C5CCN(C(=O)OC(C)(C)C)CC5)nnc4c3)nc2c(C)n1. The molecule has 0 spiro atoms. The van der Waals surface area contributed by atoms with Gasteiger partial charge in [0.1, 0.15) is 11.4 Å². The number of amides is 1. The Hall–Kier alpha value is -3.62. The normalized spacial score (nSPS) is 15.2. The van der Waals surface area contributed by atoms with Gasteiger partial charge >= 0.3 is 6.09 Å². The zero-order valence-corrected chi connectivity index (χ0v) is 20.7. The zero-order valence-electron chi connectivity index (χ0n) is 20.7. The van der Waals surface area contributed by atoms with Crippen LogP contribution >= 0.6 is 0 Å². The van der Waals surface area contributed by atoms with E-state index in [4.69, 9.17) is 4.74 Å². The molecule has 35 heavy (non-hydrogen) atoms. The lowest BCUT2D eigenvalue weighted by atomic mass is 9.92. The van der Waals surface area contributed by atoms with Gasteiger partial charge in [0.15, 0.2) is 5.65 Å². The van der Waals surface area contributed by atoms with Gasteiger partial charge in [0.2, 0.25) is 0 Å². The first-order valence-corrected chi connectivity index (χ1v) is 11.9. The lowest BCUT2D eigenvalue weighted by Gasteiger charge is -2.33. The van der Waals surface area contributed by atoms with E-state index in [0.29, 0.717) is 35.2 Å². The van der Waals surface area contributed by atoms with E-state index >= 15 is 4.39 Å². The molecule has 1 fully saturated rings. The van der Waals surface area contributed by atoms with Gasteiger partial charge in [0.05, 0.1) is 28.3 Å². The molecule has 5 rings (SSSR count). The average molecular weight is 477 g/mol. The van der Waals surface area contributed by atoms with Crippen molar-refractivity contribution in [3.8, 4) is 11.3 Å². The Labute approximate surface area is 203 Å². The van der Waals surface area contributed by atoms with Crippen LogP contribution in [-0.4, -0.2) is 54.2 Å². The molecule has 8 nitrogen and oxygen atoms in total. The maximum absolute atomic E-state index is 15.2. The summed E-state index contributed by atoms with van der Waals surface area (Å²) in [6.07, 6.45) is 4.93. The lowest BCUT2D eigenvalue weighted by Crippen LogP contribution is -2.41. The summed E-state index contributed by atoms with van der Waals surface area (Å²) in [5.41, 5.74) is 4.46. The zero-order chi connectivity index (χ0) is 24.9. The van der Waals surface area contributed by atoms with Crippen LogP contribution in [0.2, 0.25) is 0 Å². The first-order chi connectivity index (χ1) is 16.6. The molecule has 0 radical (unpaired) electrons. The summed E-state index contributed by atoms with van der Waals surface area (Å²) in [4.78, 5) is 23.2. The number of halogens is 1. The molecule has 0 N–H and O–H groups in total. The van der Waals surface area contributed by atoms with Crippen molar-refractivity contribution in [2.75, 3.05) is 13.1 Å². The molecule has 1 saturated heterocycles. The number of imidazole rings is 1. The number of likely N-dealkylation sites (tertiary alicyclic amines) is 1. The topological polar surface area (TPSA) is 85.5 Å². The molecule has 0 aliphatic carbocycles. The van der Waals surface area contributed by atoms with Crippen molar-refractivity contribution < 1.29 is 13.9 Å². The summed E-state index contributed by atoms with van der Waals surface area (Å²) in [5, 5.41) is 9.20. The number of aromatic nitrogens is 5. The van der Waals surface area contributed by atoms with Crippen LogP contribution in [0.15, 0.2) is 30.6 Å². The molecule has 3 aromatic heterocycles. The average Bonchev–Trinajstić information content (AvgIpc) is 3.22. The Morgan fingerprint density at radius 1 is 1.06 bits per heavy atom. The fourth-order valence-corrected chi connectivity index (χ4v) is 4.59. The lowest BCUT2D eigenvalue weighted by molar-refractivity contribution is 0.0204. The second kappa shape index (κ2) is 8.55. The molecule has 4 aromatic rings. The van der Waals surface area contributed by atoms with E-state index in [0.717, 1.165) is 35.6 Å². The van der Waals surface area contributed by atoms with Gasteiger partial charge in [-0.1, -0.05) is 0 Å². The van der Waals surface area contributed by atoms with E-state index in [1.165, 1.54) is 6.07 Å². The highest BCUT2D eigenvalue weighted by atomic mass is 19.1. The van der Waals surface area contributed by atoms with Gasteiger partial charge in [-0.15, -0.1) is 0 Å². The predicted octanol–water partition coefficient (Wildman–Crippen LogP) is 5.21. The van der Waals surface area contributed by atoms with Crippen LogP contribution in [0.3, 0.4) is 0 Å². The first kappa shape index (κ1) is 23.1. The maximum Gasteiger partial charge on any atom is 0.410 e. The number of fused-ring (bicyclic) bond motifs is 2. The Morgan fingerprint density at radius 2 is 1.80 bits per heavy atom. The van der Waals surface area contributed by atoms with E-state index < -0.39 is 5.60 Å². The number of benzene rings is 1.